The molecule has 20 heavy (non-hydrogen) atoms. The van der Waals surface area contributed by atoms with Gasteiger partial charge in [0.15, 0.2) is 6.10 Å². The van der Waals surface area contributed by atoms with Gasteiger partial charge in [-0.25, -0.2) is 9.59 Å². The van der Waals surface area contributed by atoms with Gasteiger partial charge >= 0.3 is 12.0 Å². The number of benzene rings is 1. The minimum atomic E-state index is -1.46. The van der Waals surface area contributed by atoms with Crippen molar-refractivity contribution in [3.63, 3.8) is 0 Å². The number of carboxylic acid groups (broad SMARTS) is 1. The molecule has 1 aromatic rings. The van der Waals surface area contributed by atoms with Crippen LogP contribution in [0, 0.1) is 0 Å². The fourth-order valence-electron chi connectivity index (χ4n) is 1.58. The molecule has 0 radical (unpaired) electrons. The normalized spacial score (nSPS) is 11.7. The predicted molar refractivity (Wildman–Crippen MR) is 74.5 cm³/mol. The second kappa shape index (κ2) is 8.13. The Hall–Kier alpha value is -2.12. The van der Waals surface area contributed by atoms with Crippen molar-refractivity contribution in [3.8, 4) is 0 Å². The van der Waals surface area contributed by atoms with Crippen molar-refractivity contribution in [2.24, 2.45) is 0 Å². The Morgan fingerprint density at radius 3 is 2.75 bits per heavy atom. The van der Waals surface area contributed by atoms with Crippen molar-refractivity contribution < 1.29 is 19.8 Å². The first-order chi connectivity index (χ1) is 9.52. The number of rotatable bonds is 7. The topological polar surface area (TPSA) is 111 Å². The van der Waals surface area contributed by atoms with Crippen LogP contribution in [-0.2, 0) is 11.3 Å². The Morgan fingerprint density at radius 2 is 2.10 bits per heavy atom. The lowest BCUT2D eigenvalue weighted by Gasteiger charge is -2.10. The summed E-state index contributed by atoms with van der Waals surface area (Å²) < 4.78 is 0. The lowest BCUT2D eigenvalue weighted by atomic mass is 10.2. The Morgan fingerprint density at radius 1 is 1.35 bits per heavy atom. The van der Waals surface area contributed by atoms with Crippen molar-refractivity contribution in [1.29, 1.82) is 0 Å². The highest BCUT2D eigenvalue weighted by molar-refractivity contribution is 5.89. The smallest absolute Gasteiger partial charge is 0.332 e. The van der Waals surface area contributed by atoms with Gasteiger partial charge in [-0.05, 0) is 24.7 Å². The molecule has 110 valence electrons. The van der Waals surface area contributed by atoms with Crippen LogP contribution in [0.2, 0.25) is 0 Å². The molecule has 2 amide bonds. The quantitative estimate of drug-likeness (QED) is 0.496. The number of hydrogen-bond acceptors (Lipinski definition) is 4. The molecule has 0 aliphatic carbocycles. The van der Waals surface area contributed by atoms with E-state index < -0.39 is 18.1 Å². The zero-order valence-corrected chi connectivity index (χ0v) is 11.2. The fraction of sp³-hybridized carbons (Fsp3) is 0.385. The van der Waals surface area contributed by atoms with E-state index in [0.717, 1.165) is 5.56 Å². The highest BCUT2D eigenvalue weighted by Gasteiger charge is 2.12. The molecular weight excluding hydrogens is 262 g/mol. The Labute approximate surface area is 117 Å². The first-order valence-electron chi connectivity index (χ1n) is 6.22. The van der Waals surface area contributed by atoms with Gasteiger partial charge in [0.25, 0.3) is 0 Å². The van der Waals surface area contributed by atoms with Crippen molar-refractivity contribution in [3.05, 3.63) is 29.8 Å². The van der Waals surface area contributed by atoms with Crippen LogP contribution < -0.4 is 16.0 Å². The lowest BCUT2D eigenvalue weighted by molar-refractivity contribution is -0.146. The zero-order chi connectivity index (χ0) is 15.0. The molecule has 1 unspecified atom stereocenters. The first-order valence-corrected chi connectivity index (χ1v) is 6.22. The number of amides is 2. The number of anilines is 1. The van der Waals surface area contributed by atoms with Crippen LogP contribution in [0.3, 0.4) is 0 Å². The number of carboxylic acids is 1. The highest BCUT2D eigenvalue weighted by Crippen LogP contribution is 2.10. The summed E-state index contributed by atoms with van der Waals surface area (Å²) in [5.74, 6) is -1.30. The molecule has 1 atom stereocenters. The van der Waals surface area contributed by atoms with E-state index in [9.17, 15) is 9.59 Å². The minimum absolute atomic E-state index is 0.0391. The van der Waals surface area contributed by atoms with Gasteiger partial charge in [-0.15, -0.1) is 0 Å². The maximum atomic E-state index is 11.6. The minimum Gasteiger partial charge on any atom is -0.479 e. The van der Waals surface area contributed by atoms with Crippen LogP contribution in [0.4, 0.5) is 10.5 Å². The number of carbonyl (C=O) groups excluding carboxylic acids is 1. The molecular formula is C13H19N3O4. The molecule has 0 fully saturated rings. The van der Waals surface area contributed by atoms with E-state index in [-0.39, 0.29) is 13.0 Å². The highest BCUT2D eigenvalue weighted by atomic mass is 16.4. The van der Waals surface area contributed by atoms with E-state index in [2.05, 4.69) is 16.0 Å². The summed E-state index contributed by atoms with van der Waals surface area (Å²) in [7, 11) is 1.83. The number of nitrogens with one attached hydrogen (secondary N) is 3. The number of urea groups is 1. The molecule has 0 spiro atoms. The third-order valence-electron chi connectivity index (χ3n) is 2.55. The van der Waals surface area contributed by atoms with E-state index >= 15 is 0 Å². The molecule has 7 nitrogen and oxygen atoms in total. The molecule has 0 heterocycles. The second-order valence-electron chi connectivity index (χ2n) is 4.25. The maximum absolute atomic E-state index is 11.6. The summed E-state index contributed by atoms with van der Waals surface area (Å²) in [5, 5.41) is 25.7. The zero-order valence-electron chi connectivity index (χ0n) is 11.2. The predicted octanol–water partition coefficient (Wildman–Crippen LogP) is 0.363. The fourth-order valence-corrected chi connectivity index (χ4v) is 1.58. The average Bonchev–Trinajstić information content (AvgIpc) is 2.39. The number of aliphatic hydroxyl groups excluding tert-OH is 1. The molecule has 0 aromatic heterocycles. The van der Waals surface area contributed by atoms with Crippen LogP contribution in [0.15, 0.2) is 24.3 Å². The van der Waals surface area contributed by atoms with Crippen LogP contribution >= 0.6 is 0 Å². The second-order valence-corrected chi connectivity index (χ2v) is 4.25. The van der Waals surface area contributed by atoms with Crippen LogP contribution in [-0.4, -0.2) is 41.9 Å². The number of aliphatic carboxylic acids is 1. The van der Waals surface area contributed by atoms with Gasteiger partial charge in [-0.2, -0.15) is 0 Å². The summed E-state index contributed by atoms with van der Waals surface area (Å²) in [6.07, 6.45) is -1.50. The Balaban J connectivity index is 2.38. The summed E-state index contributed by atoms with van der Waals surface area (Å²) in [5.41, 5.74) is 1.68. The van der Waals surface area contributed by atoms with Gasteiger partial charge < -0.3 is 26.2 Å². The average molecular weight is 281 g/mol. The first kappa shape index (κ1) is 15.9. The van der Waals surface area contributed by atoms with Gasteiger partial charge in [0.05, 0.1) is 0 Å². The van der Waals surface area contributed by atoms with E-state index in [1.54, 1.807) is 6.07 Å². The van der Waals surface area contributed by atoms with Crippen LogP contribution in [0.25, 0.3) is 0 Å². The molecule has 0 aliphatic rings. The SMILES string of the molecule is CNCc1cccc(NC(=O)NCCC(O)C(=O)O)c1. The van der Waals surface area contributed by atoms with Crippen molar-refractivity contribution in [2.45, 2.75) is 19.1 Å². The lowest BCUT2D eigenvalue weighted by Crippen LogP contribution is -2.33. The van der Waals surface area contributed by atoms with Crippen molar-refractivity contribution >= 4 is 17.7 Å². The Bertz CT molecular complexity index is 465. The van der Waals surface area contributed by atoms with E-state index in [1.165, 1.54) is 0 Å². The molecule has 0 aliphatic heterocycles. The Kier molecular flexibility index (Phi) is 6.48. The summed E-state index contributed by atoms with van der Waals surface area (Å²) >= 11 is 0. The molecule has 1 rings (SSSR count). The molecule has 5 N–H and O–H groups in total. The van der Waals surface area contributed by atoms with Gasteiger partial charge in [0, 0.05) is 25.2 Å². The monoisotopic (exact) mass is 281 g/mol. The van der Waals surface area contributed by atoms with Gasteiger partial charge in [0.2, 0.25) is 0 Å². The molecule has 0 saturated heterocycles. The number of aliphatic hydroxyl groups is 1. The van der Waals surface area contributed by atoms with Crippen molar-refractivity contribution in [1.82, 2.24) is 10.6 Å². The molecule has 0 bridgehead atoms. The third-order valence-corrected chi connectivity index (χ3v) is 2.55. The van der Waals surface area contributed by atoms with Crippen LogP contribution in [0.5, 0.6) is 0 Å². The van der Waals surface area contributed by atoms with Gasteiger partial charge in [0.1, 0.15) is 0 Å². The van der Waals surface area contributed by atoms with Gasteiger partial charge in [-0.3, -0.25) is 0 Å². The van der Waals surface area contributed by atoms with Crippen molar-refractivity contribution in [2.75, 3.05) is 18.9 Å². The summed E-state index contributed by atoms with van der Waals surface area (Å²) in [6, 6.07) is 6.91. The maximum Gasteiger partial charge on any atom is 0.332 e. The molecule has 0 saturated carbocycles. The third kappa shape index (κ3) is 5.68. The molecule has 7 heteroatoms. The van der Waals surface area contributed by atoms with Gasteiger partial charge in [-0.1, -0.05) is 12.1 Å². The summed E-state index contributed by atoms with van der Waals surface area (Å²) in [4.78, 5) is 21.9. The van der Waals surface area contributed by atoms with E-state index in [0.29, 0.717) is 12.2 Å². The van der Waals surface area contributed by atoms with E-state index in [1.807, 2.05) is 25.2 Å². The van der Waals surface area contributed by atoms with E-state index in [4.69, 9.17) is 10.2 Å². The van der Waals surface area contributed by atoms with Crippen LogP contribution in [0.1, 0.15) is 12.0 Å². The largest absolute Gasteiger partial charge is 0.479 e. The number of carbonyl (C=O) groups is 2. The molecule has 1 aromatic carbocycles. The standard InChI is InChI=1S/C13H19N3O4/c1-14-8-9-3-2-4-10(7-9)16-13(20)15-6-5-11(17)12(18)19/h2-4,7,11,14,17H,5-6,8H2,1H3,(H,18,19)(H2,15,16,20). The number of hydrogen-bond donors (Lipinski definition) is 5. The summed E-state index contributed by atoms with van der Waals surface area (Å²) in [6.45, 7) is 0.775.